The minimum Gasteiger partial charge on any atom is -0.379 e. The largest absolute Gasteiger partial charge is 0.379 e. The summed E-state index contributed by atoms with van der Waals surface area (Å²) < 4.78 is 17.8. The van der Waals surface area contributed by atoms with E-state index in [0.717, 1.165) is 0 Å². The summed E-state index contributed by atoms with van der Waals surface area (Å²) >= 11 is 0. The van der Waals surface area contributed by atoms with Crippen LogP contribution in [0.25, 0.3) is 0 Å². The van der Waals surface area contributed by atoms with Crippen LogP contribution in [-0.2, 0) is 4.74 Å². The number of halogens is 1. The molecule has 1 heterocycles. The van der Waals surface area contributed by atoms with Gasteiger partial charge in [-0.15, -0.1) is 0 Å². The summed E-state index contributed by atoms with van der Waals surface area (Å²) in [7, 11) is 0. The highest BCUT2D eigenvalue weighted by atomic mass is 19.1. The molecule has 2 N–H and O–H groups in total. The van der Waals surface area contributed by atoms with E-state index in [9.17, 15) is 9.18 Å². The predicted molar refractivity (Wildman–Crippen MR) is 53.0 cm³/mol. The molecule has 2 atom stereocenters. The summed E-state index contributed by atoms with van der Waals surface area (Å²) in [4.78, 5) is 11.9. The molecule has 15 heavy (non-hydrogen) atoms. The molecule has 1 aromatic carbocycles. The molecule has 1 aliphatic rings. The molecule has 1 aliphatic heterocycles. The van der Waals surface area contributed by atoms with Crippen LogP contribution in [0.2, 0.25) is 0 Å². The maximum absolute atomic E-state index is 12.6. The molecular weight excluding hydrogens is 197 g/mol. The Bertz CT molecular complexity index is 363. The number of carbonyl (C=O) groups excluding carboxylic acids is 1. The van der Waals surface area contributed by atoms with Crippen molar-refractivity contribution in [3.05, 3.63) is 35.6 Å². The van der Waals surface area contributed by atoms with Gasteiger partial charge in [0.15, 0.2) is 5.78 Å². The van der Waals surface area contributed by atoms with Crippen LogP contribution < -0.4 is 5.73 Å². The topological polar surface area (TPSA) is 52.3 Å². The molecule has 1 fully saturated rings. The van der Waals surface area contributed by atoms with Crippen LogP contribution in [0.15, 0.2) is 24.3 Å². The fraction of sp³-hybridized carbons (Fsp3) is 0.364. The zero-order valence-corrected chi connectivity index (χ0v) is 8.15. The molecule has 0 aromatic heterocycles. The number of nitrogens with two attached hydrogens (primary N) is 1. The first-order valence-electron chi connectivity index (χ1n) is 4.81. The monoisotopic (exact) mass is 209 g/mol. The highest BCUT2D eigenvalue weighted by molar-refractivity contribution is 5.98. The standard InChI is InChI=1S/C11H12FNO2/c12-8-3-1-7(2-4-8)11(14)9-5-15-6-10(9)13/h1-4,9-10H,5-6,13H2. The molecule has 0 aliphatic carbocycles. The van der Waals surface area contributed by atoms with E-state index in [-0.39, 0.29) is 23.6 Å². The molecule has 2 rings (SSSR count). The van der Waals surface area contributed by atoms with Crippen molar-refractivity contribution >= 4 is 5.78 Å². The lowest BCUT2D eigenvalue weighted by Gasteiger charge is -2.11. The maximum atomic E-state index is 12.6. The number of hydrogen-bond acceptors (Lipinski definition) is 3. The lowest BCUT2D eigenvalue weighted by atomic mass is 9.94. The molecule has 0 radical (unpaired) electrons. The normalized spacial score (nSPS) is 25.5. The van der Waals surface area contributed by atoms with E-state index in [4.69, 9.17) is 10.5 Å². The molecule has 2 unspecified atom stereocenters. The molecule has 80 valence electrons. The molecule has 0 spiro atoms. The lowest BCUT2D eigenvalue weighted by Crippen LogP contribution is -2.34. The van der Waals surface area contributed by atoms with Crippen LogP contribution in [0.1, 0.15) is 10.4 Å². The zero-order chi connectivity index (χ0) is 10.8. The lowest BCUT2D eigenvalue weighted by molar-refractivity contribution is 0.0896. The van der Waals surface area contributed by atoms with Gasteiger partial charge >= 0.3 is 0 Å². The average Bonchev–Trinajstić information content (AvgIpc) is 2.65. The molecule has 3 nitrogen and oxygen atoms in total. The number of benzene rings is 1. The third kappa shape index (κ3) is 2.06. The van der Waals surface area contributed by atoms with E-state index >= 15 is 0 Å². The van der Waals surface area contributed by atoms with Gasteiger partial charge in [-0.25, -0.2) is 4.39 Å². The molecule has 0 bridgehead atoms. The summed E-state index contributed by atoms with van der Waals surface area (Å²) in [5.74, 6) is -0.714. The van der Waals surface area contributed by atoms with Gasteiger partial charge in [0.2, 0.25) is 0 Å². The van der Waals surface area contributed by atoms with Gasteiger partial charge in [-0.3, -0.25) is 4.79 Å². The van der Waals surface area contributed by atoms with Crippen LogP contribution in [0.5, 0.6) is 0 Å². The Balaban J connectivity index is 2.17. The zero-order valence-electron chi connectivity index (χ0n) is 8.15. The Kier molecular flexibility index (Phi) is 2.79. The van der Waals surface area contributed by atoms with Crippen molar-refractivity contribution in [1.29, 1.82) is 0 Å². The summed E-state index contributed by atoms with van der Waals surface area (Å²) in [5.41, 5.74) is 6.22. The molecule has 1 saturated heterocycles. The smallest absolute Gasteiger partial charge is 0.169 e. The molecule has 0 saturated carbocycles. The second-order valence-corrected chi connectivity index (χ2v) is 3.68. The van der Waals surface area contributed by atoms with Gasteiger partial charge in [-0.2, -0.15) is 0 Å². The quantitative estimate of drug-likeness (QED) is 0.739. The van der Waals surface area contributed by atoms with E-state index in [1.54, 1.807) is 0 Å². The fourth-order valence-corrected chi connectivity index (χ4v) is 1.67. The van der Waals surface area contributed by atoms with Gasteiger partial charge in [0.05, 0.1) is 19.1 Å². The first-order chi connectivity index (χ1) is 7.18. The van der Waals surface area contributed by atoms with E-state index in [0.29, 0.717) is 18.8 Å². The average molecular weight is 209 g/mol. The van der Waals surface area contributed by atoms with E-state index in [2.05, 4.69) is 0 Å². The molecular formula is C11H12FNO2. The minimum absolute atomic E-state index is 0.0694. The minimum atomic E-state index is -0.349. The highest BCUT2D eigenvalue weighted by Crippen LogP contribution is 2.18. The first-order valence-corrected chi connectivity index (χ1v) is 4.81. The number of ether oxygens (including phenoxy) is 1. The van der Waals surface area contributed by atoms with Gasteiger partial charge < -0.3 is 10.5 Å². The van der Waals surface area contributed by atoms with Crippen molar-refractivity contribution in [1.82, 2.24) is 0 Å². The summed E-state index contributed by atoms with van der Waals surface area (Å²) in [6, 6.07) is 5.25. The SMILES string of the molecule is NC1COCC1C(=O)c1ccc(F)cc1. The van der Waals surface area contributed by atoms with Crippen molar-refractivity contribution in [3.8, 4) is 0 Å². The van der Waals surface area contributed by atoms with E-state index in [1.165, 1.54) is 24.3 Å². The van der Waals surface area contributed by atoms with Crippen molar-refractivity contribution < 1.29 is 13.9 Å². The van der Waals surface area contributed by atoms with Gasteiger partial charge in [0, 0.05) is 11.6 Å². The van der Waals surface area contributed by atoms with Crippen LogP contribution >= 0.6 is 0 Å². The molecule has 4 heteroatoms. The third-order valence-electron chi connectivity index (χ3n) is 2.59. The fourth-order valence-electron chi connectivity index (χ4n) is 1.67. The van der Waals surface area contributed by atoms with Crippen LogP contribution in [-0.4, -0.2) is 25.0 Å². The van der Waals surface area contributed by atoms with Gasteiger partial charge in [0.1, 0.15) is 5.82 Å². The second-order valence-electron chi connectivity index (χ2n) is 3.68. The number of carbonyl (C=O) groups is 1. The van der Waals surface area contributed by atoms with E-state index in [1.807, 2.05) is 0 Å². The van der Waals surface area contributed by atoms with Crippen molar-refractivity contribution in [3.63, 3.8) is 0 Å². The maximum Gasteiger partial charge on any atom is 0.169 e. The van der Waals surface area contributed by atoms with Gasteiger partial charge in [0.25, 0.3) is 0 Å². The predicted octanol–water partition coefficient (Wildman–Crippen LogP) is 0.982. The Labute approximate surface area is 87.0 Å². The van der Waals surface area contributed by atoms with Crippen molar-refractivity contribution in [2.45, 2.75) is 6.04 Å². The highest BCUT2D eigenvalue weighted by Gasteiger charge is 2.31. The van der Waals surface area contributed by atoms with Gasteiger partial charge in [-0.1, -0.05) is 0 Å². The van der Waals surface area contributed by atoms with Crippen LogP contribution in [0, 0.1) is 11.7 Å². The van der Waals surface area contributed by atoms with Crippen LogP contribution in [0.3, 0.4) is 0 Å². The molecule has 1 aromatic rings. The van der Waals surface area contributed by atoms with Crippen LogP contribution in [0.4, 0.5) is 4.39 Å². The second kappa shape index (κ2) is 4.08. The van der Waals surface area contributed by atoms with Gasteiger partial charge in [-0.05, 0) is 24.3 Å². The third-order valence-corrected chi connectivity index (χ3v) is 2.59. The first kappa shape index (κ1) is 10.3. The number of hydrogen-bond donors (Lipinski definition) is 1. The van der Waals surface area contributed by atoms with Crippen molar-refractivity contribution in [2.24, 2.45) is 11.7 Å². The molecule has 0 amide bonds. The summed E-state index contributed by atoms with van der Waals surface area (Å²) in [6.45, 7) is 0.773. The Morgan fingerprint density at radius 3 is 2.53 bits per heavy atom. The summed E-state index contributed by atoms with van der Waals surface area (Å²) in [5, 5.41) is 0. The van der Waals surface area contributed by atoms with Crippen molar-refractivity contribution in [2.75, 3.05) is 13.2 Å². The summed E-state index contributed by atoms with van der Waals surface area (Å²) in [6.07, 6.45) is 0. The number of rotatable bonds is 2. The Hall–Kier alpha value is -1.26. The number of Topliss-reactive ketones (excluding diaryl/α,β-unsaturated/α-hetero) is 1. The Morgan fingerprint density at radius 1 is 1.33 bits per heavy atom. The Morgan fingerprint density at radius 2 is 2.00 bits per heavy atom. The van der Waals surface area contributed by atoms with E-state index < -0.39 is 0 Å². The number of ketones is 1.